The first kappa shape index (κ1) is 20.9. The molecule has 0 aromatic carbocycles. The Hall–Kier alpha value is -0.120. The molecule has 0 spiro atoms. The number of likely N-dealkylation sites (tertiary alicyclic amines) is 1. The number of nitrogens with zero attached hydrogens (tertiary/aromatic N) is 3. The molecule has 1 unspecified atom stereocenters. The Balaban J connectivity index is 0.00000264. The van der Waals surface area contributed by atoms with Crippen LogP contribution in [0.3, 0.4) is 0 Å². The second-order valence-electron chi connectivity index (χ2n) is 5.91. The van der Waals surface area contributed by atoms with E-state index in [-0.39, 0.29) is 24.0 Å². The highest BCUT2D eigenvalue weighted by molar-refractivity contribution is 14.0. The minimum absolute atomic E-state index is 0. The number of nitrogens with one attached hydrogen (secondary N) is 1. The van der Waals surface area contributed by atoms with Crippen molar-refractivity contribution in [3.8, 4) is 0 Å². The molecule has 2 heterocycles. The van der Waals surface area contributed by atoms with E-state index in [2.05, 4.69) is 20.1 Å². The van der Waals surface area contributed by atoms with E-state index in [1.54, 1.807) is 0 Å². The quantitative estimate of drug-likeness (QED) is 0.281. The lowest BCUT2D eigenvalue weighted by molar-refractivity contribution is 0.0195. The highest BCUT2D eigenvalue weighted by Crippen LogP contribution is 2.16. The minimum atomic E-state index is 0. The maximum atomic E-state index is 5.45. The van der Waals surface area contributed by atoms with Gasteiger partial charge in [0.05, 0.1) is 13.2 Å². The lowest BCUT2D eigenvalue weighted by Crippen LogP contribution is -2.46. The molecular formula is C16H33IN4O2. The maximum absolute atomic E-state index is 5.45. The second kappa shape index (κ2) is 12.3. The Morgan fingerprint density at radius 2 is 2.04 bits per heavy atom. The standard InChI is InChI=1S/C16H32N4O2.HI/c1-3-21-11-5-4-7-18-16(17-2)20-8-6-15(14-20)19-9-12-22-13-10-19;/h15H,3-14H2,1-2H3,(H,17,18);1H. The fourth-order valence-corrected chi connectivity index (χ4v) is 3.18. The van der Waals surface area contributed by atoms with Gasteiger partial charge in [-0.15, -0.1) is 24.0 Å². The van der Waals surface area contributed by atoms with Crippen LogP contribution in [-0.4, -0.2) is 88.0 Å². The average Bonchev–Trinajstić information content (AvgIpc) is 3.05. The van der Waals surface area contributed by atoms with Crippen LogP contribution in [0.25, 0.3) is 0 Å². The fraction of sp³-hybridized carbons (Fsp3) is 0.938. The van der Waals surface area contributed by atoms with Gasteiger partial charge in [-0.1, -0.05) is 0 Å². The number of hydrogen-bond acceptors (Lipinski definition) is 4. The molecule has 136 valence electrons. The third kappa shape index (κ3) is 7.11. The molecule has 0 saturated carbocycles. The number of hydrogen-bond donors (Lipinski definition) is 1. The van der Waals surface area contributed by atoms with Crippen LogP contribution in [0.1, 0.15) is 26.2 Å². The Kier molecular flexibility index (Phi) is 11.2. The molecule has 0 aromatic rings. The summed E-state index contributed by atoms with van der Waals surface area (Å²) in [6.07, 6.45) is 3.46. The number of aliphatic imine (C=N–C) groups is 1. The average molecular weight is 440 g/mol. The van der Waals surface area contributed by atoms with E-state index in [4.69, 9.17) is 9.47 Å². The van der Waals surface area contributed by atoms with Crippen LogP contribution >= 0.6 is 24.0 Å². The van der Waals surface area contributed by atoms with Crippen LogP contribution < -0.4 is 5.32 Å². The Morgan fingerprint density at radius 3 is 2.74 bits per heavy atom. The lowest BCUT2D eigenvalue weighted by atomic mass is 10.2. The van der Waals surface area contributed by atoms with Crippen molar-refractivity contribution in [1.82, 2.24) is 15.1 Å². The summed E-state index contributed by atoms with van der Waals surface area (Å²) in [7, 11) is 1.88. The van der Waals surface area contributed by atoms with Crippen molar-refractivity contribution in [1.29, 1.82) is 0 Å². The molecule has 6 nitrogen and oxygen atoms in total. The molecule has 23 heavy (non-hydrogen) atoms. The molecule has 2 aliphatic heterocycles. The molecule has 1 atom stereocenters. The number of ether oxygens (including phenoxy) is 2. The summed E-state index contributed by atoms with van der Waals surface area (Å²) in [6, 6.07) is 0.653. The smallest absolute Gasteiger partial charge is 0.193 e. The van der Waals surface area contributed by atoms with Crippen LogP contribution in [0.15, 0.2) is 4.99 Å². The molecule has 2 saturated heterocycles. The van der Waals surface area contributed by atoms with E-state index < -0.39 is 0 Å². The Bertz CT molecular complexity index is 338. The largest absolute Gasteiger partial charge is 0.382 e. The summed E-state index contributed by atoms with van der Waals surface area (Å²) in [6.45, 7) is 10.8. The van der Waals surface area contributed by atoms with Gasteiger partial charge in [-0.3, -0.25) is 9.89 Å². The van der Waals surface area contributed by atoms with Crippen molar-refractivity contribution in [3.05, 3.63) is 0 Å². The third-order valence-corrected chi connectivity index (χ3v) is 4.44. The van der Waals surface area contributed by atoms with E-state index >= 15 is 0 Å². The summed E-state index contributed by atoms with van der Waals surface area (Å²) in [5.74, 6) is 1.05. The van der Waals surface area contributed by atoms with E-state index in [1.807, 2.05) is 14.0 Å². The molecule has 2 rings (SSSR count). The number of halogens is 1. The van der Waals surface area contributed by atoms with Crippen LogP contribution in [-0.2, 0) is 9.47 Å². The van der Waals surface area contributed by atoms with E-state index in [1.165, 1.54) is 6.42 Å². The van der Waals surface area contributed by atoms with Gasteiger partial charge in [0.2, 0.25) is 0 Å². The van der Waals surface area contributed by atoms with Gasteiger partial charge in [0.25, 0.3) is 0 Å². The van der Waals surface area contributed by atoms with Crippen molar-refractivity contribution in [2.75, 3.05) is 66.2 Å². The van der Waals surface area contributed by atoms with Crippen LogP contribution in [0.4, 0.5) is 0 Å². The summed E-state index contributed by atoms with van der Waals surface area (Å²) >= 11 is 0. The predicted octanol–water partition coefficient (Wildman–Crippen LogP) is 1.40. The molecule has 1 N–H and O–H groups in total. The van der Waals surface area contributed by atoms with E-state index in [0.29, 0.717) is 6.04 Å². The number of unbranched alkanes of at least 4 members (excludes halogenated alkanes) is 1. The summed E-state index contributed by atoms with van der Waals surface area (Å²) in [4.78, 5) is 9.40. The Morgan fingerprint density at radius 1 is 1.26 bits per heavy atom. The third-order valence-electron chi connectivity index (χ3n) is 4.44. The summed E-state index contributed by atoms with van der Waals surface area (Å²) in [5, 5.41) is 3.49. The van der Waals surface area contributed by atoms with Gasteiger partial charge in [0.1, 0.15) is 0 Å². The lowest BCUT2D eigenvalue weighted by Gasteiger charge is -2.32. The Labute approximate surface area is 158 Å². The zero-order valence-electron chi connectivity index (χ0n) is 14.6. The van der Waals surface area contributed by atoms with Crippen molar-refractivity contribution in [3.63, 3.8) is 0 Å². The summed E-state index contributed by atoms with van der Waals surface area (Å²) in [5.41, 5.74) is 0. The molecular weight excluding hydrogens is 407 g/mol. The number of guanidine groups is 1. The van der Waals surface area contributed by atoms with Crippen LogP contribution in [0, 0.1) is 0 Å². The first-order valence-corrected chi connectivity index (χ1v) is 8.70. The monoisotopic (exact) mass is 440 g/mol. The molecule has 0 amide bonds. The normalized spacial score (nSPS) is 23.0. The van der Waals surface area contributed by atoms with Crippen LogP contribution in [0.2, 0.25) is 0 Å². The van der Waals surface area contributed by atoms with Gasteiger partial charge < -0.3 is 19.7 Å². The van der Waals surface area contributed by atoms with Crippen molar-refractivity contribution >= 4 is 29.9 Å². The van der Waals surface area contributed by atoms with Gasteiger partial charge in [-0.25, -0.2) is 0 Å². The summed E-state index contributed by atoms with van der Waals surface area (Å²) < 4.78 is 10.8. The highest BCUT2D eigenvalue weighted by atomic mass is 127. The zero-order chi connectivity index (χ0) is 15.6. The van der Waals surface area contributed by atoms with Crippen molar-refractivity contribution in [2.24, 2.45) is 4.99 Å². The topological polar surface area (TPSA) is 49.3 Å². The SMILES string of the molecule is CCOCCCCNC(=NC)N1CCC(N2CCOCC2)C1.I. The minimum Gasteiger partial charge on any atom is -0.382 e. The number of morpholine rings is 1. The molecule has 0 bridgehead atoms. The van der Waals surface area contributed by atoms with Gasteiger partial charge in [-0.05, 0) is 26.2 Å². The predicted molar refractivity (Wildman–Crippen MR) is 105 cm³/mol. The zero-order valence-corrected chi connectivity index (χ0v) is 17.0. The van der Waals surface area contributed by atoms with Gasteiger partial charge >= 0.3 is 0 Å². The van der Waals surface area contributed by atoms with Gasteiger partial charge in [-0.2, -0.15) is 0 Å². The van der Waals surface area contributed by atoms with E-state index in [0.717, 1.165) is 78.0 Å². The van der Waals surface area contributed by atoms with Gasteiger partial charge in [0, 0.05) is 59.0 Å². The molecule has 2 fully saturated rings. The van der Waals surface area contributed by atoms with Crippen molar-refractivity contribution in [2.45, 2.75) is 32.2 Å². The highest BCUT2D eigenvalue weighted by Gasteiger charge is 2.30. The van der Waals surface area contributed by atoms with Gasteiger partial charge in [0.15, 0.2) is 5.96 Å². The molecule has 0 aromatic heterocycles. The fourth-order valence-electron chi connectivity index (χ4n) is 3.18. The molecule has 0 radical (unpaired) electrons. The first-order chi connectivity index (χ1) is 10.8. The molecule has 0 aliphatic carbocycles. The first-order valence-electron chi connectivity index (χ1n) is 8.70. The maximum Gasteiger partial charge on any atom is 0.193 e. The van der Waals surface area contributed by atoms with Crippen molar-refractivity contribution < 1.29 is 9.47 Å². The second-order valence-corrected chi connectivity index (χ2v) is 5.91. The van der Waals surface area contributed by atoms with E-state index in [9.17, 15) is 0 Å². The molecule has 7 heteroatoms. The molecule has 2 aliphatic rings. The number of rotatable bonds is 7. The van der Waals surface area contributed by atoms with Crippen LogP contribution in [0.5, 0.6) is 0 Å².